The zero-order chi connectivity index (χ0) is 13.8. The van der Waals surface area contributed by atoms with Crippen molar-refractivity contribution in [1.82, 2.24) is 20.1 Å². The van der Waals surface area contributed by atoms with E-state index in [1.165, 1.54) is 16.8 Å². The summed E-state index contributed by atoms with van der Waals surface area (Å²) in [5.41, 5.74) is 4.65. The Balaban J connectivity index is 2.35. The Morgan fingerprint density at radius 2 is 2.05 bits per heavy atom. The van der Waals surface area contributed by atoms with Crippen molar-refractivity contribution in [3.63, 3.8) is 0 Å². The number of aryl methyl sites for hydroxylation is 2. The van der Waals surface area contributed by atoms with Gasteiger partial charge in [-0.2, -0.15) is 5.10 Å². The van der Waals surface area contributed by atoms with Gasteiger partial charge >= 0.3 is 0 Å². The maximum atomic E-state index is 4.40. The van der Waals surface area contributed by atoms with Crippen molar-refractivity contribution in [3.8, 4) is 0 Å². The maximum absolute atomic E-state index is 4.40. The number of nitrogens with one attached hydrogen (secondary N) is 1. The molecule has 19 heavy (non-hydrogen) atoms. The SMILES string of the molecule is CCCNC(c1ccc(C)nc1)c1cnn(C)c1C. The number of rotatable bonds is 5. The second-order valence-corrected chi connectivity index (χ2v) is 4.93. The minimum Gasteiger partial charge on any atom is -0.306 e. The van der Waals surface area contributed by atoms with Crippen LogP contribution in [0.15, 0.2) is 24.5 Å². The van der Waals surface area contributed by atoms with Gasteiger partial charge in [-0.25, -0.2) is 0 Å². The number of pyridine rings is 1. The molecule has 0 aliphatic rings. The minimum absolute atomic E-state index is 0.168. The van der Waals surface area contributed by atoms with Crippen LogP contribution in [-0.2, 0) is 7.05 Å². The Hall–Kier alpha value is -1.68. The molecular formula is C15H22N4. The van der Waals surface area contributed by atoms with Crippen molar-refractivity contribution in [3.05, 3.63) is 47.0 Å². The number of hydrogen-bond donors (Lipinski definition) is 1. The Kier molecular flexibility index (Phi) is 4.32. The Morgan fingerprint density at radius 1 is 1.26 bits per heavy atom. The molecule has 1 N–H and O–H groups in total. The van der Waals surface area contributed by atoms with Crippen molar-refractivity contribution < 1.29 is 0 Å². The summed E-state index contributed by atoms with van der Waals surface area (Å²) in [6, 6.07) is 4.37. The molecule has 0 spiro atoms. The second kappa shape index (κ2) is 5.97. The monoisotopic (exact) mass is 258 g/mol. The van der Waals surface area contributed by atoms with E-state index in [0.29, 0.717) is 0 Å². The largest absolute Gasteiger partial charge is 0.306 e. The molecule has 0 aromatic carbocycles. The van der Waals surface area contributed by atoms with E-state index in [2.05, 4.69) is 41.4 Å². The predicted molar refractivity (Wildman–Crippen MR) is 77.1 cm³/mol. The fourth-order valence-electron chi connectivity index (χ4n) is 2.15. The molecule has 2 aromatic heterocycles. The van der Waals surface area contributed by atoms with Gasteiger partial charge < -0.3 is 5.32 Å². The molecule has 0 radical (unpaired) electrons. The Bertz CT molecular complexity index is 528. The van der Waals surface area contributed by atoms with Gasteiger partial charge in [0.15, 0.2) is 0 Å². The molecule has 1 atom stereocenters. The summed E-state index contributed by atoms with van der Waals surface area (Å²) >= 11 is 0. The van der Waals surface area contributed by atoms with Gasteiger partial charge in [0, 0.05) is 30.2 Å². The molecule has 2 heterocycles. The van der Waals surface area contributed by atoms with Crippen molar-refractivity contribution in [2.45, 2.75) is 33.2 Å². The van der Waals surface area contributed by atoms with Crippen LogP contribution in [-0.4, -0.2) is 21.3 Å². The van der Waals surface area contributed by atoms with Crippen LogP contribution in [0.2, 0.25) is 0 Å². The van der Waals surface area contributed by atoms with Gasteiger partial charge in [0.1, 0.15) is 0 Å². The van der Waals surface area contributed by atoms with Crippen molar-refractivity contribution in [2.24, 2.45) is 7.05 Å². The van der Waals surface area contributed by atoms with Crippen molar-refractivity contribution >= 4 is 0 Å². The van der Waals surface area contributed by atoms with Crippen LogP contribution in [0.4, 0.5) is 0 Å². The lowest BCUT2D eigenvalue weighted by molar-refractivity contribution is 0.592. The van der Waals surface area contributed by atoms with Gasteiger partial charge in [-0.3, -0.25) is 9.67 Å². The van der Waals surface area contributed by atoms with Gasteiger partial charge in [-0.15, -0.1) is 0 Å². The molecule has 2 rings (SSSR count). The molecule has 0 saturated carbocycles. The normalized spacial score (nSPS) is 12.6. The molecule has 0 amide bonds. The molecule has 0 aliphatic heterocycles. The van der Waals surface area contributed by atoms with Gasteiger partial charge in [-0.1, -0.05) is 13.0 Å². The first-order valence-corrected chi connectivity index (χ1v) is 6.78. The van der Waals surface area contributed by atoms with E-state index in [0.717, 1.165) is 18.7 Å². The summed E-state index contributed by atoms with van der Waals surface area (Å²) in [5, 5.41) is 7.93. The third-order valence-electron chi connectivity index (χ3n) is 3.45. The second-order valence-electron chi connectivity index (χ2n) is 4.93. The lowest BCUT2D eigenvalue weighted by atomic mass is 10.0. The molecule has 1 unspecified atom stereocenters. The summed E-state index contributed by atoms with van der Waals surface area (Å²) in [6.45, 7) is 7.26. The highest BCUT2D eigenvalue weighted by atomic mass is 15.3. The quantitative estimate of drug-likeness (QED) is 0.896. The molecule has 102 valence electrons. The van der Waals surface area contributed by atoms with Crippen LogP contribution in [0.25, 0.3) is 0 Å². The third-order valence-corrected chi connectivity index (χ3v) is 3.45. The van der Waals surface area contributed by atoms with E-state index >= 15 is 0 Å². The van der Waals surface area contributed by atoms with E-state index in [4.69, 9.17) is 0 Å². The summed E-state index contributed by atoms with van der Waals surface area (Å²) in [6.07, 6.45) is 5.01. The average Bonchev–Trinajstić information content (AvgIpc) is 2.73. The van der Waals surface area contributed by atoms with Gasteiger partial charge in [0.05, 0.1) is 12.2 Å². The van der Waals surface area contributed by atoms with Crippen molar-refractivity contribution in [1.29, 1.82) is 0 Å². The highest BCUT2D eigenvalue weighted by Gasteiger charge is 2.18. The fourth-order valence-corrected chi connectivity index (χ4v) is 2.15. The minimum atomic E-state index is 0.168. The molecule has 4 nitrogen and oxygen atoms in total. The lowest BCUT2D eigenvalue weighted by Gasteiger charge is -2.18. The number of aromatic nitrogens is 3. The summed E-state index contributed by atoms with van der Waals surface area (Å²) < 4.78 is 1.91. The van der Waals surface area contributed by atoms with E-state index in [1.54, 1.807) is 0 Å². The first-order chi connectivity index (χ1) is 9.13. The molecule has 0 fully saturated rings. The summed E-state index contributed by atoms with van der Waals surface area (Å²) in [5.74, 6) is 0. The van der Waals surface area contributed by atoms with Crippen molar-refractivity contribution in [2.75, 3.05) is 6.54 Å². The summed E-state index contributed by atoms with van der Waals surface area (Å²) in [4.78, 5) is 4.40. The average molecular weight is 258 g/mol. The first kappa shape index (κ1) is 13.7. The Morgan fingerprint density at radius 3 is 2.58 bits per heavy atom. The van der Waals surface area contributed by atoms with Crippen LogP contribution >= 0.6 is 0 Å². The third kappa shape index (κ3) is 3.01. The van der Waals surface area contributed by atoms with E-state index < -0.39 is 0 Å². The highest BCUT2D eigenvalue weighted by molar-refractivity contribution is 5.32. The highest BCUT2D eigenvalue weighted by Crippen LogP contribution is 2.24. The molecule has 0 aliphatic carbocycles. The van der Waals surface area contributed by atoms with Crippen LogP contribution in [0.5, 0.6) is 0 Å². The van der Waals surface area contributed by atoms with Crippen LogP contribution in [0.3, 0.4) is 0 Å². The zero-order valence-electron chi connectivity index (χ0n) is 12.1. The van der Waals surface area contributed by atoms with Crippen LogP contribution < -0.4 is 5.32 Å². The Labute approximate surface area is 114 Å². The van der Waals surface area contributed by atoms with E-state index in [1.807, 2.05) is 31.0 Å². The van der Waals surface area contributed by atoms with Crippen LogP contribution in [0, 0.1) is 13.8 Å². The molecule has 4 heteroatoms. The van der Waals surface area contributed by atoms with E-state index in [-0.39, 0.29) is 6.04 Å². The number of nitrogens with zero attached hydrogens (tertiary/aromatic N) is 3. The zero-order valence-corrected chi connectivity index (χ0v) is 12.1. The van der Waals surface area contributed by atoms with E-state index in [9.17, 15) is 0 Å². The lowest BCUT2D eigenvalue weighted by Crippen LogP contribution is -2.23. The van der Waals surface area contributed by atoms with Crippen LogP contribution in [0.1, 0.15) is 41.9 Å². The topological polar surface area (TPSA) is 42.7 Å². The molecule has 0 bridgehead atoms. The van der Waals surface area contributed by atoms with Gasteiger partial charge in [0.2, 0.25) is 0 Å². The predicted octanol–water partition coefficient (Wildman–Crippen LogP) is 2.52. The standard InChI is InChI=1S/C15H22N4/c1-5-8-16-15(13-7-6-11(2)17-9-13)14-10-18-19(4)12(14)3/h6-7,9-10,15-16H,5,8H2,1-4H3. The summed E-state index contributed by atoms with van der Waals surface area (Å²) in [7, 11) is 1.98. The molecular weight excluding hydrogens is 236 g/mol. The molecule has 2 aromatic rings. The maximum Gasteiger partial charge on any atom is 0.0625 e. The first-order valence-electron chi connectivity index (χ1n) is 6.78. The molecule has 0 saturated heterocycles. The fraction of sp³-hybridized carbons (Fsp3) is 0.467. The van der Waals surface area contributed by atoms with Gasteiger partial charge in [0.25, 0.3) is 0 Å². The van der Waals surface area contributed by atoms with Gasteiger partial charge in [-0.05, 0) is 38.4 Å². The number of hydrogen-bond acceptors (Lipinski definition) is 3. The smallest absolute Gasteiger partial charge is 0.0625 e.